The first-order valence-corrected chi connectivity index (χ1v) is 12.1. The number of benzene rings is 1. The fourth-order valence-electron chi connectivity index (χ4n) is 2.86. The molecule has 0 radical (unpaired) electrons. The van der Waals surface area contributed by atoms with Gasteiger partial charge in [-0.3, -0.25) is 14.0 Å². The van der Waals surface area contributed by atoms with Crippen molar-refractivity contribution in [2.24, 2.45) is 4.99 Å². The summed E-state index contributed by atoms with van der Waals surface area (Å²) >= 11 is 21.8. The van der Waals surface area contributed by atoms with E-state index in [4.69, 9.17) is 34.8 Å². The van der Waals surface area contributed by atoms with Gasteiger partial charge in [-0.1, -0.05) is 39.1 Å². The van der Waals surface area contributed by atoms with Crippen LogP contribution in [-0.2, 0) is 21.3 Å². The van der Waals surface area contributed by atoms with Crippen LogP contribution in [0.4, 0.5) is 0 Å². The van der Waals surface area contributed by atoms with E-state index < -0.39 is 10.8 Å². The maximum atomic E-state index is 13.1. The second-order valence-corrected chi connectivity index (χ2v) is 10.8. The van der Waals surface area contributed by atoms with Gasteiger partial charge in [0.1, 0.15) is 10.8 Å². The molecule has 154 valence electrons. The van der Waals surface area contributed by atoms with Crippen molar-refractivity contribution in [1.29, 1.82) is 0 Å². The molecular formula is C19H21BrCl3NO3S. The molecule has 9 heteroatoms. The third kappa shape index (κ3) is 6.30. The zero-order valence-electron chi connectivity index (χ0n) is 15.4. The zero-order valence-corrected chi connectivity index (χ0v) is 20.1. The SMILES string of the molecule is CC(=O)C1=C(O)CC(C(Br)CCC(C)Cl)N=C1S(=O)Cc1cc(Cl)ccc1Cl. The predicted molar refractivity (Wildman–Crippen MR) is 122 cm³/mol. The number of nitrogens with zero attached hydrogens (tertiary/aromatic N) is 1. The van der Waals surface area contributed by atoms with Gasteiger partial charge in [0.05, 0.1) is 28.2 Å². The van der Waals surface area contributed by atoms with E-state index in [0.29, 0.717) is 15.6 Å². The summed E-state index contributed by atoms with van der Waals surface area (Å²) < 4.78 is 13.1. The van der Waals surface area contributed by atoms with Crippen LogP contribution in [0.15, 0.2) is 34.5 Å². The van der Waals surface area contributed by atoms with Crippen LogP contribution in [0.1, 0.15) is 38.7 Å². The molecule has 0 bridgehead atoms. The van der Waals surface area contributed by atoms with Crippen molar-refractivity contribution in [3.63, 3.8) is 0 Å². The number of aliphatic hydroxyl groups excluding tert-OH is 1. The topological polar surface area (TPSA) is 66.7 Å². The Labute approximate surface area is 190 Å². The third-order valence-corrected chi connectivity index (χ3v) is 7.51. The Morgan fingerprint density at radius 3 is 2.68 bits per heavy atom. The minimum atomic E-state index is -1.68. The largest absolute Gasteiger partial charge is 0.511 e. The van der Waals surface area contributed by atoms with E-state index in [9.17, 15) is 14.1 Å². The normalized spacial score (nSPS) is 20.5. The van der Waals surface area contributed by atoms with Gasteiger partial charge in [0.15, 0.2) is 5.78 Å². The van der Waals surface area contributed by atoms with E-state index in [2.05, 4.69) is 20.9 Å². The van der Waals surface area contributed by atoms with Crippen LogP contribution in [-0.4, -0.2) is 36.4 Å². The number of hydrogen-bond donors (Lipinski definition) is 1. The molecule has 1 heterocycles. The molecular weight excluding hydrogens is 509 g/mol. The number of Topliss-reactive ketones (excluding diaryl/α,β-unsaturated/α-hetero) is 1. The number of aliphatic imine (C=N–C) groups is 1. The smallest absolute Gasteiger partial charge is 0.165 e. The van der Waals surface area contributed by atoms with Gasteiger partial charge in [-0.25, -0.2) is 0 Å². The second-order valence-electron chi connectivity index (χ2n) is 6.68. The van der Waals surface area contributed by atoms with E-state index in [1.807, 2.05) is 6.92 Å². The summed E-state index contributed by atoms with van der Waals surface area (Å²) in [6, 6.07) is 4.56. The molecule has 28 heavy (non-hydrogen) atoms. The summed E-state index contributed by atoms with van der Waals surface area (Å²) in [5, 5.41) is 11.5. The van der Waals surface area contributed by atoms with E-state index in [0.717, 1.165) is 12.8 Å². The third-order valence-electron chi connectivity index (χ3n) is 4.31. The van der Waals surface area contributed by atoms with Crippen molar-refractivity contribution >= 4 is 72.4 Å². The Morgan fingerprint density at radius 2 is 2.07 bits per heavy atom. The van der Waals surface area contributed by atoms with Crippen molar-refractivity contribution in [2.45, 2.75) is 55.1 Å². The fraction of sp³-hybridized carbons (Fsp3) is 0.474. The Balaban J connectivity index is 2.32. The number of rotatable bonds is 7. The molecule has 2 rings (SSSR count). The van der Waals surface area contributed by atoms with Gasteiger partial charge in [0, 0.05) is 26.7 Å². The van der Waals surface area contributed by atoms with Crippen LogP contribution in [0.3, 0.4) is 0 Å². The summed E-state index contributed by atoms with van der Waals surface area (Å²) in [4.78, 5) is 16.6. The Bertz CT molecular complexity index is 842. The van der Waals surface area contributed by atoms with Gasteiger partial charge >= 0.3 is 0 Å². The average molecular weight is 530 g/mol. The van der Waals surface area contributed by atoms with Gasteiger partial charge in [-0.05, 0) is 50.5 Å². The lowest BCUT2D eigenvalue weighted by Gasteiger charge is -2.26. The average Bonchev–Trinajstić information content (AvgIpc) is 2.61. The highest BCUT2D eigenvalue weighted by atomic mass is 79.9. The molecule has 1 aromatic rings. The van der Waals surface area contributed by atoms with Crippen molar-refractivity contribution in [1.82, 2.24) is 0 Å². The van der Waals surface area contributed by atoms with Crippen LogP contribution in [0.5, 0.6) is 0 Å². The summed E-state index contributed by atoms with van der Waals surface area (Å²) in [5.74, 6) is -0.419. The molecule has 0 amide bonds. The van der Waals surface area contributed by atoms with Gasteiger partial charge in [0.2, 0.25) is 0 Å². The van der Waals surface area contributed by atoms with Gasteiger partial charge in [-0.2, -0.15) is 0 Å². The number of carbonyl (C=O) groups is 1. The first-order valence-electron chi connectivity index (χ1n) is 8.71. The van der Waals surface area contributed by atoms with Crippen molar-refractivity contribution in [2.75, 3.05) is 0 Å². The van der Waals surface area contributed by atoms with Crippen LogP contribution in [0.2, 0.25) is 10.0 Å². The molecule has 0 aromatic heterocycles. The summed E-state index contributed by atoms with van der Waals surface area (Å²) in [5.41, 5.74) is 0.615. The quantitative estimate of drug-likeness (QED) is 0.442. The number of halogens is 4. The lowest BCUT2D eigenvalue weighted by Crippen LogP contribution is -2.31. The molecule has 1 aromatic carbocycles. The summed E-state index contributed by atoms with van der Waals surface area (Å²) in [6.45, 7) is 3.23. The number of ketones is 1. The number of carbonyl (C=O) groups excluding carboxylic acids is 1. The Hall–Kier alpha value is -0.400. The molecule has 1 aliphatic heterocycles. The minimum absolute atomic E-state index is 0.0168. The van der Waals surface area contributed by atoms with Crippen LogP contribution >= 0.6 is 50.7 Å². The molecule has 0 aliphatic carbocycles. The zero-order chi connectivity index (χ0) is 21.0. The molecule has 4 unspecified atom stereocenters. The molecule has 0 saturated carbocycles. The molecule has 4 atom stereocenters. The maximum Gasteiger partial charge on any atom is 0.165 e. The summed E-state index contributed by atoms with van der Waals surface area (Å²) in [6.07, 6.45) is 1.71. The van der Waals surface area contributed by atoms with Gasteiger partial charge in [0.25, 0.3) is 0 Å². The highest BCUT2D eigenvalue weighted by molar-refractivity contribution is 9.09. The van der Waals surface area contributed by atoms with E-state index in [-0.39, 0.29) is 50.6 Å². The lowest BCUT2D eigenvalue weighted by molar-refractivity contribution is -0.113. The van der Waals surface area contributed by atoms with E-state index >= 15 is 0 Å². The molecule has 0 saturated heterocycles. The Kier molecular flexibility index (Phi) is 9.02. The molecule has 1 aliphatic rings. The van der Waals surface area contributed by atoms with Gasteiger partial charge in [-0.15, -0.1) is 11.6 Å². The monoisotopic (exact) mass is 527 g/mol. The van der Waals surface area contributed by atoms with Crippen molar-refractivity contribution in [3.8, 4) is 0 Å². The number of dihydropyridines is 1. The summed E-state index contributed by atoms with van der Waals surface area (Å²) in [7, 11) is -1.68. The predicted octanol–water partition coefficient (Wildman–Crippen LogP) is 5.99. The lowest BCUT2D eigenvalue weighted by atomic mass is 9.99. The standard InChI is InChI=1S/C19H21BrCl3NO3S/c1-10(21)3-5-14(20)16-8-17(26)18(11(2)25)19(24-16)28(27)9-12-7-13(22)4-6-15(12)23/h4,6-7,10,14,16,26H,3,5,8-9H2,1-2H3. The Morgan fingerprint density at radius 1 is 1.39 bits per heavy atom. The highest BCUT2D eigenvalue weighted by Gasteiger charge is 2.33. The molecule has 0 fully saturated rings. The van der Waals surface area contributed by atoms with E-state index in [1.54, 1.807) is 18.2 Å². The van der Waals surface area contributed by atoms with Crippen molar-refractivity contribution in [3.05, 3.63) is 45.1 Å². The van der Waals surface area contributed by atoms with Crippen LogP contribution in [0, 0.1) is 0 Å². The molecule has 4 nitrogen and oxygen atoms in total. The molecule has 1 N–H and O–H groups in total. The van der Waals surface area contributed by atoms with E-state index in [1.165, 1.54) is 6.92 Å². The van der Waals surface area contributed by atoms with Crippen LogP contribution < -0.4 is 0 Å². The second kappa shape index (κ2) is 10.6. The number of hydrogen-bond acceptors (Lipinski definition) is 4. The van der Waals surface area contributed by atoms with Gasteiger partial charge < -0.3 is 5.11 Å². The molecule has 0 spiro atoms. The highest BCUT2D eigenvalue weighted by Crippen LogP contribution is 2.30. The number of aliphatic hydroxyl groups is 1. The maximum absolute atomic E-state index is 13.1. The minimum Gasteiger partial charge on any atom is -0.511 e. The van der Waals surface area contributed by atoms with Crippen LogP contribution in [0.25, 0.3) is 0 Å². The first kappa shape index (κ1) is 23.9. The first-order chi connectivity index (χ1) is 13.1. The van der Waals surface area contributed by atoms with Crippen molar-refractivity contribution < 1.29 is 14.1 Å². The fourth-order valence-corrected chi connectivity index (χ4v) is 5.42. The number of alkyl halides is 2.